The lowest BCUT2D eigenvalue weighted by Gasteiger charge is -2.06. The molecule has 0 aromatic rings. The van der Waals surface area contributed by atoms with Gasteiger partial charge in [-0.2, -0.15) is 11.8 Å². The monoisotopic (exact) mass is 191 g/mol. The summed E-state index contributed by atoms with van der Waals surface area (Å²) in [5, 5.41) is 0. The van der Waals surface area contributed by atoms with Gasteiger partial charge in [0.25, 0.3) is 0 Å². The van der Waals surface area contributed by atoms with Gasteiger partial charge < -0.3 is 5.73 Å². The summed E-state index contributed by atoms with van der Waals surface area (Å²) >= 11 is 1.73. The number of thioether (sulfide) groups is 1. The van der Waals surface area contributed by atoms with Crippen molar-refractivity contribution in [2.45, 2.75) is 39.7 Å². The number of carbonyl (C=O) groups is 1. The summed E-state index contributed by atoms with van der Waals surface area (Å²) in [6.07, 6.45) is 3.40. The van der Waals surface area contributed by atoms with Crippen LogP contribution < -0.4 is 5.73 Å². The fourth-order valence-electron chi connectivity index (χ4n) is 0.668. The summed E-state index contributed by atoms with van der Waals surface area (Å²) in [6, 6.07) is -0.225. The van der Waals surface area contributed by atoms with Crippen molar-refractivity contribution < 1.29 is 4.79 Å². The number of nitrogens with two attached hydrogens (primary N) is 1. The molecule has 12 heavy (non-hydrogen) atoms. The van der Waals surface area contributed by atoms with E-state index in [0.717, 1.165) is 12.2 Å². The number of Topliss-reactive ketones (excluding diaryl/α,β-unsaturated/α-hetero) is 1. The highest BCUT2D eigenvalue weighted by Gasteiger charge is 2.09. The summed E-state index contributed by atoms with van der Waals surface area (Å²) in [4.78, 5) is 10.9. The van der Waals surface area contributed by atoms with E-state index in [-0.39, 0.29) is 11.8 Å². The summed E-state index contributed by atoms with van der Waals surface area (Å²) in [7, 11) is 0. The summed E-state index contributed by atoms with van der Waals surface area (Å²) in [6.45, 7) is 5.85. The number of rotatable bonds is 5. The highest BCUT2D eigenvalue weighted by Crippen LogP contribution is 2.00. The zero-order valence-electron chi connectivity index (χ0n) is 8.59. The van der Waals surface area contributed by atoms with Gasteiger partial charge >= 0.3 is 0 Å². The molecule has 0 rings (SSSR count). The molecule has 0 saturated heterocycles. The molecule has 0 heterocycles. The Kier molecular flexibility index (Phi) is 13.3. The molecule has 0 bridgehead atoms. The Morgan fingerprint density at radius 2 is 2.00 bits per heavy atom. The van der Waals surface area contributed by atoms with Gasteiger partial charge in [0, 0.05) is 6.42 Å². The van der Waals surface area contributed by atoms with Gasteiger partial charge in [-0.1, -0.05) is 20.8 Å². The van der Waals surface area contributed by atoms with E-state index in [4.69, 9.17) is 5.73 Å². The van der Waals surface area contributed by atoms with Crippen LogP contribution in [-0.2, 0) is 4.79 Å². The van der Waals surface area contributed by atoms with Gasteiger partial charge in [-0.3, -0.25) is 4.79 Å². The minimum absolute atomic E-state index is 0.175. The molecule has 0 spiro atoms. The van der Waals surface area contributed by atoms with Crippen LogP contribution in [0.4, 0.5) is 0 Å². The van der Waals surface area contributed by atoms with E-state index in [0.29, 0.717) is 6.42 Å². The second-order valence-corrected chi connectivity index (χ2v) is 3.19. The first-order valence-corrected chi connectivity index (χ1v) is 5.89. The molecule has 0 aliphatic carbocycles. The third-order valence-corrected chi connectivity index (χ3v) is 2.04. The minimum atomic E-state index is -0.225. The molecule has 0 amide bonds. The molecule has 74 valence electrons. The molecule has 2 N–H and O–H groups in total. The Labute approximate surface area is 80.3 Å². The maximum absolute atomic E-state index is 10.9. The van der Waals surface area contributed by atoms with E-state index in [2.05, 4.69) is 0 Å². The molecule has 1 unspecified atom stereocenters. The van der Waals surface area contributed by atoms with Crippen LogP contribution in [0.25, 0.3) is 0 Å². The molecule has 0 aliphatic rings. The van der Waals surface area contributed by atoms with E-state index >= 15 is 0 Å². The van der Waals surface area contributed by atoms with E-state index in [9.17, 15) is 4.79 Å². The van der Waals surface area contributed by atoms with Crippen LogP contribution in [0.3, 0.4) is 0 Å². The molecular weight excluding hydrogens is 170 g/mol. The molecule has 3 heteroatoms. The van der Waals surface area contributed by atoms with E-state index < -0.39 is 0 Å². The molecule has 0 aliphatic heterocycles. The lowest BCUT2D eigenvalue weighted by molar-refractivity contribution is -0.120. The number of carbonyl (C=O) groups excluding carboxylic acids is 1. The third-order valence-electron chi connectivity index (χ3n) is 1.40. The number of ketones is 1. The van der Waals surface area contributed by atoms with Gasteiger partial charge in [0.05, 0.1) is 6.04 Å². The first-order chi connectivity index (χ1) is 5.72. The second-order valence-electron chi connectivity index (χ2n) is 2.21. The number of hydrogen-bond donors (Lipinski definition) is 1. The lowest BCUT2D eigenvalue weighted by Crippen LogP contribution is -2.30. The summed E-state index contributed by atoms with van der Waals surface area (Å²) in [5.74, 6) is 1.15. The molecule has 0 radical (unpaired) electrons. The van der Waals surface area contributed by atoms with E-state index in [1.807, 2.05) is 27.0 Å². The van der Waals surface area contributed by atoms with Crippen LogP contribution in [0.1, 0.15) is 33.6 Å². The fraction of sp³-hybridized carbons (Fsp3) is 0.889. The average Bonchev–Trinajstić information content (AvgIpc) is 2.16. The molecule has 0 fully saturated rings. The Hall–Kier alpha value is -0.0200. The normalized spacial score (nSPS) is 11.4. The van der Waals surface area contributed by atoms with Gasteiger partial charge in [0.1, 0.15) is 5.78 Å². The van der Waals surface area contributed by atoms with Crippen molar-refractivity contribution in [3.05, 3.63) is 0 Å². The maximum atomic E-state index is 10.9. The standard InChI is InChI=1S/C7H15NOS.C2H6/c1-3-7(9)6(8)4-5-10-2;1-2/h6H,3-5,8H2,1-2H3;1-2H3. The van der Waals surface area contributed by atoms with Gasteiger partial charge in [0.2, 0.25) is 0 Å². The molecule has 0 saturated carbocycles. The van der Waals surface area contributed by atoms with Crippen LogP contribution in [-0.4, -0.2) is 23.8 Å². The van der Waals surface area contributed by atoms with Crippen LogP contribution >= 0.6 is 11.8 Å². The van der Waals surface area contributed by atoms with E-state index in [1.165, 1.54) is 0 Å². The average molecular weight is 191 g/mol. The maximum Gasteiger partial charge on any atom is 0.149 e. The van der Waals surface area contributed by atoms with Gasteiger partial charge in [-0.05, 0) is 18.4 Å². The molecule has 0 aromatic carbocycles. The van der Waals surface area contributed by atoms with Crippen molar-refractivity contribution >= 4 is 17.5 Å². The van der Waals surface area contributed by atoms with Gasteiger partial charge in [-0.25, -0.2) is 0 Å². The second kappa shape index (κ2) is 11.0. The van der Waals surface area contributed by atoms with Crippen LogP contribution in [0.5, 0.6) is 0 Å². The highest BCUT2D eigenvalue weighted by atomic mass is 32.2. The minimum Gasteiger partial charge on any atom is -0.321 e. The molecule has 2 nitrogen and oxygen atoms in total. The van der Waals surface area contributed by atoms with Crippen molar-refractivity contribution in [2.75, 3.05) is 12.0 Å². The van der Waals surface area contributed by atoms with Crippen molar-refractivity contribution in [3.63, 3.8) is 0 Å². The van der Waals surface area contributed by atoms with Crippen LogP contribution in [0.2, 0.25) is 0 Å². The Morgan fingerprint density at radius 3 is 2.33 bits per heavy atom. The summed E-state index contributed by atoms with van der Waals surface area (Å²) in [5.41, 5.74) is 5.55. The Bertz CT molecular complexity index is 107. The van der Waals surface area contributed by atoms with Gasteiger partial charge in [0.15, 0.2) is 0 Å². The predicted octanol–water partition coefficient (Wildman–Crippen LogP) is 2.07. The number of hydrogen-bond acceptors (Lipinski definition) is 3. The first-order valence-electron chi connectivity index (χ1n) is 4.49. The zero-order chi connectivity index (χ0) is 9.98. The van der Waals surface area contributed by atoms with Crippen LogP contribution in [0, 0.1) is 0 Å². The van der Waals surface area contributed by atoms with Crippen molar-refractivity contribution in [1.82, 2.24) is 0 Å². The quantitative estimate of drug-likeness (QED) is 0.723. The molecular formula is C9H21NOS. The van der Waals surface area contributed by atoms with Crippen molar-refractivity contribution in [1.29, 1.82) is 0 Å². The molecule has 1 atom stereocenters. The van der Waals surface area contributed by atoms with Crippen LogP contribution in [0.15, 0.2) is 0 Å². The Morgan fingerprint density at radius 1 is 1.50 bits per heavy atom. The smallest absolute Gasteiger partial charge is 0.149 e. The third kappa shape index (κ3) is 8.08. The van der Waals surface area contributed by atoms with Gasteiger partial charge in [-0.15, -0.1) is 0 Å². The fourth-order valence-corrected chi connectivity index (χ4v) is 1.16. The Balaban J connectivity index is 0. The topological polar surface area (TPSA) is 43.1 Å². The van der Waals surface area contributed by atoms with E-state index in [1.54, 1.807) is 11.8 Å². The SMILES string of the molecule is CC.CCC(=O)C(N)CCSC. The first kappa shape index (κ1) is 14.5. The lowest BCUT2D eigenvalue weighted by atomic mass is 10.1. The largest absolute Gasteiger partial charge is 0.321 e. The van der Waals surface area contributed by atoms with Crippen molar-refractivity contribution in [3.8, 4) is 0 Å². The predicted molar refractivity (Wildman–Crippen MR) is 57.6 cm³/mol. The molecule has 0 aromatic heterocycles. The highest BCUT2D eigenvalue weighted by molar-refractivity contribution is 7.98. The van der Waals surface area contributed by atoms with Crippen molar-refractivity contribution in [2.24, 2.45) is 5.73 Å². The zero-order valence-corrected chi connectivity index (χ0v) is 9.41. The summed E-state index contributed by atoms with van der Waals surface area (Å²) < 4.78 is 0.